The van der Waals surface area contributed by atoms with Gasteiger partial charge in [-0.3, -0.25) is 0 Å². The van der Waals surface area contributed by atoms with Gasteiger partial charge >= 0.3 is 0 Å². The van der Waals surface area contributed by atoms with Crippen LogP contribution in [0.1, 0.15) is 92.4 Å². The molecular weight excluding hydrogens is 328 g/mol. The SMILES string of the molecule is CC(C)/C=C/[C@H](C)[C@H]1CC[C@H]2[C@@H]3CC[C@H]4C[C@@H](O)CC[C@]4(C)[C@H]3CC[C@@]12C. The van der Waals surface area contributed by atoms with Crippen LogP contribution in [-0.2, 0) is 0 Å². The van der Waals surface area contributed by atoms with Gasteiger partial charge in [-0.2, -0.15) is 0 Å². The molecule has 1 nitrogen and oxygen atoms in total. The first-order chi connectivity index (χ1) is 12.8. The highest BCUT2D eigenvalue weighted by Gasteiger charge is 2.60. The van der Waals surface area contributed by atoms with Gasteiger partial charge in [-0.05, 0) is 110 Å². The second-order valence-electron chi connectivity index (χ2n) is 11.8. The minimum atomic E-state index is -0.0158. The summed E-state index contributed by atoms with van der Waals surface area (Å²) in [6.07, 6.45) is 17.0. The Hall–Kier alpha value is -0.300. The van der Waals surface area contributed by atoms with E-state index in [1.807, 2.05) is 0 Å². The molecular formula is C26H44O. The zero-order valence-electron chi connectivity index (χ0n) is 18.6. The van der Waals surface area contributed by atoms with Crippen molar-refractivity contribution in [1.82, 2.24) is 0 Å². The third-order valence-electron chi connectivity index (χ3n) is 10.1. The largest absolute Gasteiger partial charge is 0.393 e. The fourth-order valence-electron chi connectivity index (χ4n) is 8.67. The van der Waals surface area contributed by atoms with Gasteiger partial charge in [0.25, 0.3) is 0 Å². The van der Waals surface area contributed by atoms with Crippen molar-refractivity contribution in [3.63, 3.8) is 0 Å². The molecule has 4 fully saturated rings. The lowest BCUT2D eigenvalue weighted by atomic mass is 9.44. The van der Waals surface area contributed by atoms with Crippen LogP contribution in [-0.4, -0.2) is 11.2 Å². The van der Waals surface area contributed by atoms with Crippen molar-refractivity contribution in [2.45, 2.75) is 98.5 Å². The van der Waals surface area contributed by atoms with Gasteiger partial charge in [-0.25, -0.2) is 0 Å². The Bertz CT molecular complexity index is 565. The number of hydrogen-bond acceptors (Lipinski definition) is 1. The van der Waals surface area contributed by atoms with E-state index in [0.717, 1.165) is 48.3 Å². The Kier molecular flexibility index (Phi) is 5.32. The van der Waals surface area contributed by atoms with Gasteiger partial charge in [-0.15, -0.1) is 0 Å². The van der Waals surface area contributed by atoms with E-state index in [4.69, 9.17) is 0 Å². The standard InChI is InChI=1S/C26H44O/c1-17(2)6-7-18(3)22-10-11-23-21-9-8-19-16-20(27)12-14-25(19,4)24(21)13-15-26(22,23)5/h6-7,17-24,27H,8-16H2,1-5H3/b7-6+/t18-,19-,20-,21-,22+,23-,24-,25-,26-/m0/s1. The summed E-state index contributed by atoms with van der Waals surface area (Å²) in [6, 6.07) is 0. The van der Waals surface area contributed by atoms with Crippen molar-refractivity contribution in [3.05, 3.63) is 12.2 Å². The molecule has 154 valence electrons. The van der Waals surface area contributed by atoms with E-state index < -0.39 is 0 Å². The van der Waals surface area contributed by atoms with Crippen molar-refractivity contribution in [1.29, 1.82) is 0 Å². The predicted molar refractivity (Wildman–Crippen MR) is 114 cm³/mol. The molecule has 0 aromatic carbocycles. The normalized spacial score (nSPS) is 51.1. The Balaban J connectivity index is 1.54. The molecule has 1 heteroatoms. The first-order valence-electron chi connectivity index (χ1n) is 12.1. The summed E-state index contributed by atoms with van der Waals surface area (Å²) < 4.78 is 0. The number of aliphatic hydroxyl groups excluding tert-OH is 1. The number of rotatable bonds is 3. The lowest BCUT2D eigenvalue weighted by Gasteiger charge is -2.61. The highest BCUT2D eigenvalue weighted by Crippen LogP contribution is 2.68. The maximum Gasteiger partial charge on any atom is 0.0543 e. The van der Waals surface area contributed by atoms with Gasteiger partial charge in [0.1, 0.15) is 0 Å². The van der Waals surface area contributed by atoms with Crippen LogP contribution >= 0.6 is 0 Å². The Morgan fingerprint density at radius 1 is 0.815 bits per heavy atom. The maximum atomic E-state index is 10.2. The van der Waals surface area contributed by atoms with E-state index in [2.05, 4.69) is 46.8 Å². The molecule has 4 rings (SSSR count). The lowest BCUT2D eigenvalue weighted by molar-refractivity contribution is -0.128. The molecule has 0 aromatic heterocycles. The minimum absolute atomic E-state index is 0.0158. The molecule has 0 amide bonds. The van der Waals surface area contributed by atoms with Crippen molar-refractivity contribution >= 4 is 0 Å². The summed E-state index contributed by atoms with van der Waals surface area (Å²) in [5, 5.41) is 10.2. The average Bonchev–Trinajstić information content (AvgIpc) is 2.97. The highest BCUT2D eigenvalue weighted by atomic mass is 16.3. The van der Waals surface area contributed by atoms with Crippen LogP contribution in [0.4, 0.5) is 0 Å². The molecule has 4 saturated carbocycles. The number of hydrogen-bond donors (Lipinski definition) is 1. The van der Waals surface area contributed by atoms with Crippen LogP contribution in [0.3, 0.4) is 0 Å². The van der Waals surface area contributed by atoms with Crippen LogP contribution in [0.2, 0.25) is 0 Å². The molecule has 0 spiro atoms. The van der Waals surface area contributed by atoms with Crippen molar-refractivity contribution < 1.29 is 5.11 Å². The zero-order chi connectivity index (χ0) is 19.4. The summed E-state index contributed by atoms with van der Waals surface area (Å²) in [6.45, 7) is 12.4. The van der Waals surface area contributed by atoms with E-state index in [1.165, 1.54) is 44.9 Å². The van der Waals surface area contributed by atoms with Crippen LogP contribution in [0.15, 0.2) is 12.2 Å². The van der Waals surface area contributed by atoms with Crippen LogP contribution in [0, 0.1) is 52.3 Å². The molecule has 27 heavy (non-hydrogen) atoms. The molecule has 9 atom stereocenters. The van der Waals surface area contributed by atoms with E-state index in [9.17, 15) is 5.11 Å². The molecule has 0 radical (unpaired) electrons. The van der Waals surface area contributed by atoms with Gasteiger partial charge in [0.15, 0.2) is 0 Å². The van der Waals surface area contributed by atoms with E-state index >= 15 is 0 Å². The molecule has 0 aliphatic heterocycles. The Labute approximate surface area is 168 Å². The third-order valence-corrected chi connectivity index (χ3v) is 10.1. The molecule has 1 N–H and O–H groups in total. The van der Waals surface area contributed by atoms with Gasteiger partial charge in [-0.1, -0.05) is 46.8 Å². The third kappa shape index (κ3) is 3.24. The molecule has 0 saturated heterocycles. The number of aliphatic hydroxyl groups is 1. The molecule has 4 aliphatic carbocycles. The topological polar surface area (TPSA) is 20.2 Å². The predicted octanol–water partition coefficient (Wildman–Crippen LogP) is 6.85. The van der Waals surface area contributed by atoms with Crippen LogP contribution in [0.25, 0.3) is 0 Å². The number of allylic oxidation sites excluding steroid dienone is 2. The first-order valence-corrected chi connectivity index (χ1v) is 12.1. The highest BCUT2D eigenvalue weighted by molar-refractivity contribution is 5.11. The second-order valence-corrected chi connectivity index (χ2v) is 11.8. The average molecular weight is 373 g/mol. The van der Waals surface area contributed by atoms with E-state index in [0.29, 0.717) is 16.7 Å². The quantitative estimate of drug-likeness (QED) is 0.537. The van der Waals surface area contributed by atoms with Crippen molar-refractivity contribution in [2.75, 3.05) is 0 Å². The van der Waals surface area contributed by atoms with E-state index in [-0.39, 0.29) is 6.10 Å². The maximum absolute atomic E-state index is 10.2. The van der Waals surface area contributed by atoms with Crippen molar-refractivity contribution in [3.8, 4) is 0 Å². The first kappa shape index (κ1) is 20.0. The molecule has 0 bridgehead atoms. The Morgan fingerprint density at radius 3 is 2.26 bits per heavy atom. The van der Waals surface area contributed by atoms with Crippen LogP contribution < -0.4 is 0 Å². The summed E-state index contributed by atoms with van der Waals surface area (Å²) in [5.41, 5.74) is 1.09. The zero-order valence-corrected chi connectivity index (χ0v) is 18.6. The fraction of sp³-hybridized carbons (Fsp3) is 0.923. The molecule has 0 aromatic rings. The summed E-state index contributed by atoms with van der Waals surface area (Å²) in [4.78, 5) is 0. The van der Waals surface area contributed by atoms with Gasteiger partial charge in [0, 0.05) is 0 Å². The monoisotopic (exact) mass is 372 g/mol. The lowest BCUT2D eigenvalue weighted by Crippen LogP contribution is -2.54. The van der Waals surface area contributed by atoms with Crippen molar-refractivity contribution in [2.24, 2.45) is 52.3 Å². The summed E-state index contributed by atoms with van der Waals surface area (Å²) in [5.74, 6) is 5.93. The van der Waals surface area contributed by atoms with Crippen LogP contribution in [0.5, 0.6) is 0 Å². The second kappa shape index (κ2) is 7.19. The minimum Gasteiger partial charge on any atom is -0.393 e. The van der Waals surface area contributed by atoms with Gasteiger partial charge < -0.3 is 5.11 Å². The fourth-order valence-corrected chi connectivity index (χ4v) is 8.67. The molecule has 0 heterocycles. The smallest absolute Gasteiger partial charge is 0.0543 e. The summed E-state index contributed by atoms with van der Waals surface area (Å²) >= 11 is 0. The molecule has 4 aliphatic rings. The van der Waals surface area contributed by atoms with E-state index in [1.54, 1.807) is 0 Å². The molecule has 0 unspecified atom stereocenters. The van der Waals surface area contributed by atoms with Gasteiger partial charge in [0.05, 0.1) is 6.10 Å². The summed E-state index contributed by atoms with van der Waals surface area (Å²) in [7, 11) is 0. The van der Waals surface area contributed by atoms with Gasteiger partial charge in [0.2, 0.25) is 0 Å². The number of fused-ring (bicyclic) bond motifs is 5. The Morgan fingerprint density at radius 2 is 1.52 bits per heavy atom.